The first kappa shape index (κ1) is 79.8. The van der Waals surface area contributed by atoms with Crippen LogP contribution in [-0.2, 0) is 64.1 Å². The lowest BCUT2D eigenvalue weighted by molar-refractivity contribution is -0.139. The number of aliphatic imine (C=N–C) groups is 2. The number of likely N-dealkylation sites (tertiary alicyclic amines) is 3. The number of ether oxygens (including phenoxy) is 8. The molecule has 0 unspecified atom stereocenters. The van der Waals surface area contributed by atoms with Crippen LogP contribution in [0.2, 0.25) is 0 Å². The third kappa shape index (κ3) is 16.6. The number of aromatic amines is 2. The Kier molecular flexibility index (Phi) is 22.9. The summed E-state index contributed by atoms with van der Waals surface area (Å²) in [4.78, 5) is 97.2. The first-order valence-electron chi connectivity index (χ1n) is 39.7. The molecule has 24 nitrogen and oxygen atoms in total. The molecule has 1 aliphatic carbocycles. The van der Waals surface area contributed by atoms with Crippen molar-refractivity contribution >= 4 is 74.4 Å². The van der Waals surface area contributed by atoms with Gasteiger partial charge in [0.2, 0.25) is 11.8 Å². The van der Waals surface area contributed by atoms with Crippen LogP contribution < -0.4 is 20.1 Å². The molecule has 0 radical (unpaired) electrons. The second kappa shape index (κ2) is 33.0. The number of rotatable bonds is 20. The largest absolute Gasteiger partial charge is 0.488 e. The predicted molar refractivity (Wildman–Crippen MR) is 425 cm³/mol. The minimum Gasteiger partial charge on any atom is -0.488 e. The molecule has 4 fully saturated rings. The van der Waals surface area contributed by atoms with Crippen LogP contribution in [0.1, 0.15) is 146 Å². The van der Waals surface area contributed by atoms with Crippen molar-refractivity contribution in [1.29, 1.82) is 0 Å². The number of nitrogens with one attached hydrogen (secondary N) is 4. The number of hydrogen-bond donors (Lipinski definition) is 4. The molecule has 2 aromatic heterocycles. The molecule has 16 rings (SSSR count). The van der Waals surface area contributed by atoms with Gasteiger partial charge in [0.1, 0.15) is 54.0 Å². The van der Waals surface area contributed by atoms with Crippen LogP contribution in [0.5, 0.6) is 11.5 Å². The van der Waals surface area contributed by atoms with Crippen molar-refractivity contribution in [2.75, 3.05) is 54.2 Å². The van der Waals surface area contributed by atoms with Crippen LogP contribution in [0.15, 0.2) is 107 Å². The summed E-state index contributed by atoms with van der Waals surface area (Å²) < 4.78 is 94.7. The van der Waals surface area contributed by atoms with Gasteiger partial charge in [0.25, 0.3) is 0 Å². The number of alkyl carbamates (subject to hydrolysis) is 2. The Morgan fingerprint density at radius 2 is 1.08 bits per heavy atom. The summed E-state index contributed by atoms with van der Waals surface area (Å²) in [7, 11) is 4.28. The summed E-state index contributed by atoms with van der Waals surface area (Å²) in [5.74, 6) is 2.61. The molecule has 7 aliphatic heterocycles. The fourth-order valence-electron chi connectivity index (χ4n) is 18.1. The maximum absolute atomic E-state index is 14.0. The fraction of sp³-hybridized carbons (Fsp3) is 0.483. The molecule has 8 aromatic rings. The summed E-state index contributed by atoms with van der Waals surface area (Å²) >= 11 is 0. The minimum atomic E-state index is -2.94. The van der Waals surface area contributed by atoms with Gasteiger partial charge in [-0.2, -0.15) is 17.6 Å². The van der Waals surface area contributed by atoms with E-state index in [1.54, 1.807) is 37.0 Å². The SMILES string of the molecule is COC(=O)N[C@H](C(=O)N1C[C@@H](COC(F)F)C[C@H]1c1ncc(-c2ccc3c(c2)COc2cc4c5c(ccc4cc2-3)N=C([C@@H]2CC[C@H](C)N2C(=O)[C@@H](NC(=O)OC)C(C)C)C5)[nH]1)C(C)C.COC[C@@H]1CC[C@H](c2ncc(-c3ccc4c(c3)COc3cc5c6c(ccc5cc3-4)N=C([C@@H]3C[C@H](COC(F)F)CN3C(=O)OC(C)(C)C)C6)[nH]2)C1. The monoisotopic (exact) mass is 1580 g/mol. The van der Waals surface area contributed by atoms with Crippen LogP contribution in [0.3, 0.4) is 0 Å². The van der Waals surface area contributed by atoms with Gasteiger partial charge in [0, 0.05) is 86.0 Å². The van der Waals surface area contributed by atoms with E-state index in [4.69, 9.17) is 43.4 Å². The Bertz CT molecular complexity index is 5110. The quantitative estimate of drug-likeness (QED) is 0.0408. The van der Waals surface area contributed by atoms with E-state index >= 15 is 0 Å². The molecule has 28 heteroatoms. The average Bonchev–Trinajstić information content (AvgIpc) is 1.69. The molecule has 5 amide bonds. The van der Waals surface area contributed by atoms with Gasteiger partial charge in [-0.3, -0.25) is 24.5 Å². The van der Waals surface area contributed by atoms with Crippen LogP contribution in [0, 0.1) is 29.6 Å². The summed E-state index contributed by atoms with van der Waals surface area (Å²) in [5.41, 5.74) is 14.9. The zero-order valence-corrected chi connectivity index (χ0v) is 66.6. The molecule has 0 bridgehead atoms. The van der Waals surface area contributed by atoms with Gasteiger partial charge in [-0.05, 0) is 205 Å². The van der Waals surface area contributed by atoms with Crippen molar-refractivity contribution in [3.8, 4) is 56.3 Å². The molecule has 8 aliphatic rings. The molecule has 1 saturated carbocycles. The number of hydrogen-bond acceptors (Lipinski definition) is 17. The third-order valence-corrected chi connectivity index (χ3v) is 23.8. The zero-order valence-electron chi connectivity index (χ0n) is 66.6. The maximum atomic E-state index is 14.0. The van der Waals surface area contributed by atoms with Crippen LogP contribution in [0.25, 0.3) is 66.3 Å². The highest BCUT2D eigenvalue weighted by molar-refractivity contribution is 6.08. The second-order valence-electron chi connectivity index (χ2n) is 33.3. The van der Waals surface area contributed by atoms with E-state index in [2.05, 4.69) is 102 Å². The summed E-state index contributed by atoms with van der Waals surface area (Å²) in [5, 5.41) is 9.57. The van der Waals surface area contributed by atoms with E-state index in [1.807, 2.05) is 70.8 Å². The van der Waals surface area contributed by atoms with Gasteiger partial charge >= 0.3 is 31.5 Å². The lowest BCUT2D eigenvalue weighted by Crippen LogP contribution is -2.55. The third-order valence-electron chi connectivity index (χ3n) is 23.8. The van der Waals surface area contributed by atoms with Crippen LogP contribution in [0.4, 0.5) is 43.3 Å². The standard InChI is InChI=1S/C47H55F2N7O8.C40H44F2N4O5/c1-23(2)40(53-46(59)61-6)43(57)55-20-26(21-64-45(48)49)14-38(55)42-50-19-36(52-42)28-9-11-30-29(15-28)22-63-39-18-31-27(16-33(30)39)10-12-34-32(31)17-35(51-34)37-13-8-25(5)56(37)44(58)41(24(3)4)54-47(60)62-7;1-40(2,3)51-39(47)46-18-23(20-50-38(41)42)12-35(46)33-15-30-29-16-36-31(14-24(29)8-10-32(30)44-33)28-9-7-25(13-27(28)21-49-36)34-17-43-37(45-34)26-6-5-22(11-26)19-48-4/h9-12,15-16,18-19,23-26,37-38,40-41,45H,8,13-14,17,20-22H2,1-7H3,(H,50,52)(H,53,59)(H,54,60);7-10,13-14,16-17,22-23,26,35,38H,5-6,11-12,15,18-21H2,1-4H3,(H,43,45)/t25-,26-,37-,38-,40-,41-;22-,23+,26+,35+/m01/s1. The van der Waals surface area contributed by atoms with Crippen LogP contribution in [-0.4, -0.2) is 179 Å². The molecule has 4 N–H and O–H groups in total. The maximum Gasteiger partial charge on any atom is 0.410 e. The van der Waals surface area contributed by atoms with Gasteiger partial charge < -0.3 is 68.3 Å². The zero-order chi connectivity index (χ0) is 81.0. The number of nitrogens with zero attached hydrogens (tertiary/aromatic N) is 7. The van der Waals surface area contributed by atoms with Gasteiger partial charge in [0.15, 0.2) is 0 Å². The Morgan fingerprint density at radius 1 is 0.565 bits per heavy atom. The molecular formula is C87H99F4N11O13. The van der Waals surface area contributed by atoms with Crippen molar-refractivity contribution in [1.82, 2.24) is 45.3 Å². The van der Waals surface area contributed by atoms with E-state index in [1.165, 1.54) is 20.6 Å². The number of fused-ring (bicyclic) bond motifs is 12. The van der Waals surface area contributed by atoms with Crippen molar-refractivity contribution in [3.05, 3.63) is 131 Å². The number of aromatic nitrogens is 4. The minimum absolute atomic E-state index is 0.0120. The highest BCUT2D eigenvalue weighted by Gasteiger charge is 2.46. The first-order chi connectivity index (χ1) is 55.2. The van der Waals surface area contributed by atoms with E-state index in [-0.39, 0.29) is 79.9 Å². The fourth-order valence-corrected chi connectivity index (χ4v) is 18.1. The molecule has 0 spiro atoms. The molecule has 10 atom stereocenters. The number of carbonyl (C=O) groups is 5. The van der Waals surface area contributed by atoms with Gasteiger partial charge in [0.05, 0.1) is 80.7 Å². The van der Waals surface area contributed by atoms with E-state index in [0.717, 1.165) is 155 Å². The Balaban J connectivity index is 0.000000185. The number of benzene rings is 6. The highest BCUT2D eigenvalue weighted by Crippen LogP contribution is 2.49. The molecule has 6 aromatic carbocycles. The van der Waals surface area contributed by atoms with E-state index in [0.29, 0.717) is 62.3 Å². The Labute approximate surface area is 664 Å². The number of amides is 5. The summed E-state index contributed by atoms with van der Waals surface area (Å²) in [6, 6.07) is 26.6. The second-order valence-corrected chi connectivity index (χ2v) is 33.3. The number of halogens is 4. The van der Waals surface area contributed by atoms with Crippen molar-refractivity contribution < 1.29 is 79.4 Å². The topological polar surface area (TPSA) is 275 Å². The number of carbonyl (C=O) groups excluding carboxylic acids is 5. The van der Waals surface area contributed by atoms with Crippen molar-refractivity contribution in [2.45, 2.75) is 187 Å². The van der Waals surface area contributed by atoms with Gasteiger partial charge in [-0.15, -0.1) is 0 Å². The smallest absolute Gasteiger partial charge is 0.410 e. The van der Waals surface area contributed by atoms with Gasteiger partial charge in [-0.25, -0.2) is 24.4 Å². The lowest BCUT2D eigenvalue weighted by atomic mass is 9.90. The summed E-state index contributed by atoms with van der Waals surface area (Å²) in [6.07, 6.45) is 8.74. The predicted octanol–water partition coefficient (Wildman–Crippen LogP) is 16.5. The Hall–Kier alpha value is -10.5. The van der Waals surface area contributed by atoms with E-state index in [9.17, 15) is 41.5 Å². The number of alkyl halides is 4. The Morgan fingerprint density at radius 3 is 1.60 bits per heavy atom. The molecule has 3 saturated heterocycles. The number of methoxy groups -OCH3 is 3. The first-order valence-corrected chi connectivity index (χ1v) is 39.7. The molecule has 608 valence electrons. The van der Waals surface area contributed by atoms with Crippen molar-refractivity contribution in [2.24, 2.45) is 39.6 Å². The number of imidazole rings is 2. The lowest BCUT2D eigenvalue weighted by Gasteiger charge is -2.33. The van der Waals surface area contributed by atoms with Crippen LogP contribution >= 0.6 is 0 Å². The summed E-state index contributed by atoms with van der Waals surface area (Å²) in [6.45, 7) is 10.7. The number of H-pyrrole nitrogens is 2. The van der Waals surface area contributed by atoms with Crippen molar-refractivity contribution in [3.63, 3.8) is 0 Å². The molecule has 115 heavy (non-hydrogen) atoms. The van der Waals surface area contributed by atoms with E-state index < -0.39 is 55.2 Å². The highest BCUT2D eigenvalue weighted by atomic mass is 19.3. The molecule has 9 heterocycles. The molecular weight excluding hydrogens is 1480 g/mol. The normalized spacial score (nSPS) is 21.7. The van der Waals surface area contributed by atoms with Gasteiger partial charge in [-0.1, -0.05) is 64.1 Å². The average molecular weight is 1580 g/mol.